The Morgan fingerprint density at radius 3 is 1.42 bits per heavy atom. The normalized spacial score (nSPS) is 13.7. The second kappa shape index (κ2) is 22.0. The number of hydrogen-bond donors (Lipinski definition) is 1. The maximum Gasteiger partial charge on any atom is 0.0681 e. The summed E-state index contributed by atoms with van der Waals surface area (Å²) in [7, 11) is 0. The van der Waals surface area contributed by atoms with Gasteiger partial charge in [-0.05, 0) is 69.8 Å². The molecule has 31 heavy (non-hydrogen) atoms. The summed E-state index contributed by atoms with van der Waals surface area (Å²) in [5, 5.41) is 8.54. The molecule has 0 unspecified atom stereocenters. The molecule has 2 aromatic rings. The van der Waals surface area contributed by atoms with Crippen molar-refractivity contribution in [3.63, 3.8) is 0 Å². The van der Waals surface area contributed by atoms with Crippen LogP contribution in [-0.4, -0.2) is 5.11 Å². The molecule has 0 saturated heterocycles. The summed E-state index contributed by atoms with van der Waals surface area (Å²) >= 11 is 0. The molecule has 0 bridgehead atoms. The van der Waals surface area contributed by atoms with Gasteiger partial charge in [-0.3, -0.25) is 0 Å². The van der Waals surface area contributed by atoms with Gasteiger partial charge >= 0.3 is 0 Å². The maximum absolute atomic E-state index is 8.54. The van der Waals surface area contributed by atoms with Gasteiger partial charge in [0.2, 0.25) is 0 Å². The molecule has 2 heteroatoms. The summed E-state index contributed by atoms with van der Waals surface area (Å²) in [5.41, 5.74) is 5.07. The van der Waals surface area contributed by atoms with E-state index < -0.39 is 0 Å². The van der Waals surface area contributed by atoms with Crippen LogP contribution < -0.4 is 0 Å². The summed E-state index contributed by atoms with van der Waals surface area (Å²) in [6.45, 7) is 4.39. The molecule has 10 radical (unpaired) electrons. The molecule has 2 aromatic carbocycles. The van der Waals surface area contributed by atoms with Crippen molar-refractivity contribution in [3.05, 3.63) is 154 Å². The van der Waals surface area contributed by atoms with Crippen LogP contribution >= 0.6 is 0 Å². The third-order valence-corrected chi connectivity index (χ3v) is 3.54. The molecule has 0 heterocycles. The molecular weight excluding hydrogens is 456 g/mol. The summed E-state index contributed by atoms with van der Waals surface area (Å²) in [6.07, 6.45) is 25.1. The van der Waals surface area contributed by atoms with Crippen molar-refractivity contribution in [2.24, 2.45) is 5.92 Å². The van der Waals surface area contributed by atoms with Crippen LogP contribution in [0.2, 0.25) is 0 Å². The minimum absolute atomic E-state index is 0. The Kier molecular flexibility index (Phi) is 21.2. The van der Waals surface area contributed by atoms with E-state index in [1.807, 2.05) is 131 Å². The molecule has 2 aliphatic rings. The SMILES string of the molecule is CC(C)C=C=[C-]c1ccccc1.OCc1ccccc1.[CH]1[CH][CH][CH][CH]1.[CH]1[CH][CH][CH][CH]1.[Zr]. The quantitative estimate of drug-likeness (QED) is 0.392. The second-order valence-corrected chi connectivity index (χ2v) is 6.61. The van der Waals surface area contributed by atoms with Crippen molar-refractivity contribution < 1.29 is 31.3 Å². The minimum Gasteiger partial charge on any atom is -0.392 e. The van der Waals surface area contributed by atoms with Gasteiger partial charge < -0.3 is 5.11 Å². The minimum atomic E-state index is 0. The van der Waals surface area contributed by atoms with Crippen molar-refractivity contribution in [1.29, 1.82) is 0 Å². The molecule has 1 N–H and O–H groups in total. The number of rotatable bonds is 3. The first-order valence-electron chi connectivity index (χ1n) is 10.1. The summed E-state index contributed by atoms with van der Waals surface area (Å²) in [4.78, 5) is 0. The molecular formula is C29H31OZr-. The van der Waals surface area contributed by atoms with Crippen LogP contribution in [-0.2, 0) is 32.8 Å². The number of aliphatic hydroxyl groups excluding tert-OH is 1. The van der Waals surface area contributed by atoms with Crippen LogP contribution in [0.3, 0.4) is 0 Å². The van der Waals surface area contributed by atoms with Crippen LogP contribution in [0.15, 0.2) is 72.5 Å². The fourth-order valence-electron chi connectivity index (χ4n) is 2.04. The molecule has 1 nitrogen and oxygen atoms in total. The first-order chi connectivity index (χ1) is 14.7. The van der Waals surface area contributed by atoms with E-state index in [1.54, 1.807) is 0 Å². The summed E-state index contributed by atoms with van der Waals surface area (Å²) in [6, 6.07) is 19.6. The first-order valence-corrected chi connectivity index (χ1v) is 10.1. The van der Waals surface area contributed by atoms with E-state index in [9.17, 15) is 0 Å². The van der Waals surface area contributed by atoms with Crippen LogP contribution in [0.25, 0.3) is 0 Å². The molecule has 0 atom stereocenters. The standard InChI is InChI=1S/C12H13.C7H8O.2C5H5.Zr/c1-11(2)7-6-10-12-8-4-3-5-9-12;8-6-7-4-2-1-3-5-7;2*1-2-4-5-3-1;/h3-5,7-9,11H,1-2H3;1-5,8H,6H2;2*1-5H;/q-1;;;;. The third-order valence-electron chi connectivity index (χ3n) is 3.54. The molecule has 4 rings (SSSR count). The van der Waals surface area contributed by atoms with Gasteiger partial charge in [-0.25, -0.2) is 5.73 Å². The zero-order chi connectivity index (χ0) is 21.7. The molecule has 0 spiro atoms. The summed E-state index contributed by atoms with van der Waals surface area (Å²) in [5.74, 6) is 0.543. The molecule has 158 valence electrons. The molecule has 0 aliphatic heterocycles. The van der Waals surface area contributed by atoms with E-state index in [4.69, 9.17) is 5.11 Å². The van der Waals surface area contributed by atoms with E-state index in [-0.39, 0.29) is 32.8 Å². The first kappa shape index (κ1) is 29.8. The van der Waals surface area contributed by atoms with E-state index in [0.29, 0.717) is 5.92 Å². The van der Waals surface area contributed by atoms with Crippen molar-refractivity contribution in [2.75, 3.05) is 0 Å². The van der Waals surface area contributed by atoms with Crippen LogP contribution in [0.5, 0.6) is 0 Å². The number of allylic oxidation sites excluding steroid dienone is 1. The Hall–Kier alpha value is -1.20. The predicted molar refractivity (Wildman–Crippen MR) is 127 cm³/mol. The maximum atomic E-state index is 8.54. The van der Waals surface area contributed by atoms with Crippen molar-refractivity contribution in [3.8, 4) is 0 Å². The Morgan fingerprint density at radius 2 is 1.10 bits per heavy atom. The third kappa shape index (κ3) is 19.2. The van der Waals surface area contributed by atoms with Gasteiger partial charge in [0.15, 0.2) is 0 Å². The average molecular weight is 487 g/mol. The number of hydrogen-bond acceptors (Lipinski definition) is 1. The van der Waals surface area contributed by atoms with E-state index in [0.717, 1.165) is 11.1 Å². The molecule has 2 aliphatic carbocycles. The average Bonchev–Trinajstić information content (AvgIpc) is 3.54. The van der Waals surface area contributed by atoms with E-state index in [2.05, 4.69) is 25.7 Å². The Morgan fingerprint density at radius 1 is 0.710 bits per heavy atom. The van der Waals surface area contributed by atoms with Gasteiger partial charge in [-0.2, -0.15) is 0 Å². The molecule has 2 saturated carbocycles. The fraction of sp³-hybridized carbons (Fsp3) is 0.138. The largest absolute Gasteiger partial charge is 0.392 e. The van der Waals surface area contributed by atoms with Gasteiger partial charge in [-0.1, -0.05) is 62.2 Å². The van der Waals surface area contributed by atoms with Gasteiger partial charge in [0.25, 0.3) is 0 Å². The van der Waals surface area contributed by atoms with Crippen molar-refractivity contribution in [1.82, 2.24) is 0 Å². The summed E-state index contributed by atoms with van der Waals surface area (Å²) < 4.78 is 0. The Balaban J connectivity index is 0.000000409. The molecule has 2 fully saturated rings. The van der Waals surface area contributed by atoms with E-state index >= 15 is 0 Å². The second-order valence-electron chi connectivity index (χ2n) is 6.61. The van der Waals surface area contributed by atoms with Gasteiger partial charge in [0.05, 0.1) is 6.61 Å². The van der Waals surface area contributed by atoms with Crippen molar-refractivity contribution >= 4 is 0 Å². The Bertz CT molecular complexity index is 639. The predicted octanol–water partition coefficient (Wildman–Crippen LogP) is 6.42. The van der Waals surface area contributed by atoms with Crippen LogP contribution in [0.1, 0.15) is 25.0 Å². The zero-order valence-corrected chi connectivity index (χ0v) is 20.8. The van der Waals surface area contributed by atoms with Gasteiger partial charge in [-0.15, -0.1) is 35.9 Å². The Labute approximate surface area is 210 Å². The number of benzene rings is 2. The topological polar surface area (TPSA) is 20.2 Å². The van der Waals surface area contributed by atoms with E-state index in [1.165, 1.54) is 0 Å². The van der Waals surface area contributed by atoms with Gasteiger partial charge in [0, 0.05) is 26.2 Å². The smallest absolute Gasteiger partial charge is 0.0681 e. The molecule has 0 aromatic heterocycles. The van der Waals surface area contributed by atoms with Gasteiger partial charge in [0.1, 0.15) is 0 Å². The monoisotopic (exact) mass is 485 g/mol. The fourth-order valence-corrected chi connectivity index (χ4v) is 2.04. The zero-order valence-electron chi connectivity index (χ0n) is 18.4. The van der Waals surface area contributed by atoms with Crippen LogP contribution in [0.4, 0.5) is 0 Å². The van der Waals surface area contributed by atoms with Crippen LogP contribution in [0, 0.1) is 76.2 Å². The molecule has 0 amide bonds. The van der Waals surface area contributed by atoms with Crippen molar-refractivity contribution in [2.45, 2.75) is 20.5 Å². The number of aliphatic hydroxyl groups is 1.